The molecule has 2 atom stereocenters. The van der Waals surface area contributed by atoms with E-state index in [2.05, 4.69) is 30.3 Å². The summed E-state index contributed by atoms with van der Waals surface area (Å²) in [5.41, 5.74) is 7.89. The van der Waals surface area contributed by atoms with Gasteiger partial charge < -0.3 is 15.2 Å². The second kappa shape index (κ2) is 5.14. The molecule has 2 fully saturated rings. The summed E-state index contributed by atoms with van der Waals surface area (Å²) in [6, 6.07) is 11.0. The fraction of sp³-hybridized carbons (Fsp3) is 0.647. The topological polar surface area (TPSA) is 44.5 Å². The smallest absolute Gasteiger partial charge is 0.162 e. The molecule has 1 aromatic rings. The van der Waals surface area contributed by atoms with Crippen LogP contribution in [-0.4, -0.2) is 25.0 Å². The van der Waals surface area contributed by atoms with Gasteiger partial charge in [0, 0.05) is 12.0 Å². The average molecular weight is 275 g/mol. The van der Waals surface area contributed by atoms with Gasteiger partial charge in [-0.25, -0.2) is 0 Å². The molecule has 2 unspecified atom stereocenters. The highest BCUT2D eigenvalue weighted by Gasteiger charge is 2.52. The Kier molecular flexibility index (Phi) is 3.61. The molecular weight excluding hydrogens is 250 g/mol. The third kappa shape index (κ3) is 3.05. The van der Waals surface area contributed by atoms with Crippen LogP contribution in [0.2, 0.25) is 0 Å². The van der Waals surface area contributed by atoms with E-state index in [4.69, 9.17) is 15.2 Å². The van der Waals surface area contributed by atoms with Crippen LogP contribution in [0.5, 0.6) is 0 Å². The van der Waals surface area contributed by atoms with Crippen LogP contribution in [0.25, 0.3) is 0 Å². The third-order valence-corrected chi connectivity index (χ3v) is 4.68. The van der Waals surface area contributed by atoms with Gasteiger partial charge >= 0.3 is 0 Å². The highest BCUT2D eigenvalue weighted by Crippen LogP contribution is 2.52. The van der Waals surface area contributed by atoms with Crippen molar-refractivity contribution >= 4 is 0 Å². The molecule has 3 nitrogen and oxygen atoms in total. The fourth-order valence-electron chi connectivity index (χ4n) is 3.31. The minimum atomic E-state index is -0.422. The molecule has 1 aliphatic heterocycles. The monoisotopic (exact) mass is 275 g/mol. The van der Waals surface area contributed by atoms with E-state index in [0.29, 0.717) is 12.0 Å². The Hall–Kier alpha value is -0.900. The summed E-state index contributed by atoms with van der Waals surface area (Å²) in [6.45, 7) is 5.53. The van der Waals surface area contributed by atoms with E-state index < -0.39 is 5.79 Å². The molecule has 110 valence electrons. The molecule has 0 amide bonds. The van der Waals surface area contributed by atoms with Crippen molar-refractivity contribution in [3.8, 4) is 0 Å². The highest BCUT2D eigenvalue weighted by atomic mass is 16.7. The lowest BCUT2D eigenvalue weighted by atomic mass is 9.86. The van der Waals surface area contributed by atoms with Crippen molar-refractivity contribution in [2.75, 3.05) is 13.2 Å². The predicted octanol–water partition coefficient (Wildman–Crippen LogP) is 2.74. The van der Waals surface area contributed by atoms with Crippen LogP contribution in [0, 0.1) is 11.3 Å². The van der Waals surface area contributed by atoms with Gasteiger partial charge in [-0.2, -0.15) is 0 Å². The van der Waals surface area contributed by atoms with E-state index in [1.54, 1.807) is 0 Å². The first-order chi connectivity index (χ1) is 9.49. The molecule has 0 bridgehead atoms. The van der Waals surface area contributed by atoms with Gasteiger partial charge in [0.25, 0.3) is 0 Å². The number of ether oxygens (including phenoxy) is 2. The minimum Gasteiger partial charge on any atom is -0.350 e. The second-order valence-electron chi connectivity index (χ2n) is 6.93. The zero-order valence-corrected chi connectivity index (χ0v) is 12.5. The average Bonchev–Trinajstić information content (AvgIpc) is 3.03. The van der Waals surface area contributed by atoms with Crippen molar-refractivity contribution in [2.24, 2.45) is 17.1 Å². The lowest BCUT2D eigenvalue weighted by Crippen LogP contribution is -2.40. The van der Waals surface area contributed by atoms with Gasteiger partial charge in [-0.05, 0) is 44.1 Å². The number of hydrogen-bond donors (Lipinski definition) is 1. The van der Waals surface area contributed by atoms with E-state index in [9.17, 15) is 0 Å². The number of benzene rings is 1. The van der Waals surface area contributed by atoms with Gasteiger partial charge in [0.2, 0.25) is 0 Å². The molecule has 0 aromatic heterocycles. The van der Waals surface area contributed by atoms with Crippen molar-refractivity contribution in [2.45, 2.75) is 44.9 Å². The van der Waals surface area contributed by atoms with Crippen LogP contribution in [0.3, 0.4) is 0 Å². The minimum absolute atomic E-state index is 0.264. The van der Waals surface area contributed by atoms with Crippen molar-refractivity contribution < 1.29 is 9.47 Å². The molecule has 20 heavy (non-hydrogen) atoms. The number of nitrogens with two attached hydrogens (primary N) is 1. The number of hydrogen-bond acceptors (Lipinski definition) is 3. The second-order valence-corrected chi connectivity index (χ2v) is 6.93. The maximum atomic E-state index is 6.24. The van der Waals surface area contributed by atoms with Gasteiger partial charge in [0.1, 0.15) is 0 Å². The molecule has 3 rings (SSSR count). The summed E-state index contributed by atoms with van der Waals surface area (Å²) in [4.78, 5) is 0. The SMILES string of the molecule is CC1(C)OCC(CC2(Cc3ccccc3)CC2N)CO1. The largest absolute Gasteiger partial charge is 0.350 e. The Bertz CT molecular complexity index is 449. The Morgan fingerprint density at radius 2 is 1.75 bits per heavy atom. The molecule has 2 N–H and O–H groups in total. The summed E-state index contributed by atoms with van der Waals surface area (Å²) >= 11 is 0. The summed E-state index contributed by atoms with van der Waals surface area (Å²) < 4.78 is 11.5. The lowest BCUT2D eigenvalue weighted by molar-refractivity contribution is -0.264. The standard InChI is InChI=1S/C17H25NO2/c1-16(2)19-11-14(12-20-16)9-17(10-15(17)18)8-13-6-4-3-5-7-13/h3-7,14-15H,8-12,18H2,1-2H3. The van der Waals surface area contributed by atoms with E-state index in [0.717, 1.165) is 32.5 Å². The maximum absolute atomic E-state index is 6.24. The molecule has 0 radical (unpaired) electrons. The van der Waals surface area contributed by atoms with Crippen LogP contribution in [0.15, 0.2) is 30.3 Å². The van der Waals surface area contributed by atoms with Crippen LogP contribution >= 0.6 is 0 Å². The van der Waals surface area contributed by atoms with Gasteiger partial charge in [-0.3, -0.25) is 0 Å². The molecule has 1 aliphatic carbocycles. The predicted molar refractivity (Wildman–Crippen MR) is 79.3 cm³/mol. The fourth-order valence-corrected chi connectivity index (χ4v) is 3.31. The molecule has 0 spiro atoms. The molecule has 1 saturated carbocycles. The maximum Gasteiger partial charge on any atom is 0.162 e. The first-order valence-electron chi connectivity index (χ1n) is 7.57. The Morgan fingerprint density at radius 1 is 1.15 bits per heavy atom. The van der Waals surface area contributed by atoms with Crippen molar-refractivity contribution in [1.29, 1.82) is 0 Å². The zero-order chi connectivity index (χ0) is 14.2. The van der Waals surface area contributed by atoms with Gasteiger partial charge in [0.15, 0.2) is 5.79 Å². The first kappa shape index (κ1) is 14.1. The third-order valence-electron chi connectivity index (χ3n) is 4.68. The summed E-state index contributed by atoms with van der Waals surface area (Å²) in [5.74, 6) is 0.0506. The van der Waals surface area contributed by atoms with E-state index in [1.165, 1.54) is 5.56 Å². The Morgan fingerprint density at radius 3 is 2.30 bits per heavy atom. The number of rotatable bonds is 4. The normalized spacial score (nSPS) is 33.0. The van der Waals surface area contributed by atoms with Gasteiger partial charge in [-0.15, -0.1) is 0 Å². The van der Waals surface area contributed by atoms with Gasteiger partial charge in [0.05, 0.1) is 13.2 Å². The molecule has 3 heteroatoms. The van der Waals surface area contributed by atoms with E-state index >= 15 is 0 Å². The quantitative estimate of drug-likeness (QED) is 0.919. The zero-order valence-electron chi connectivity index (χ0n) is 12.5. The van der Waals surface area contributed by atoms with Crippen LogP contribution in [-0.2, 0) is 15.9 Å². The molecule has 2 aliphatic rings. The van der Waals surface area contributed by atoms with Crippen molar-refractivity contribution in [3.05, 3.63) is 35.9 Å². The first-order valence-corrected chi connectivity index (χ1v) is 7.57. The van der Waals surface area contributed by atoms with Crippen molar-refractivity contribution in [3.63, 3.8) is 0 Å². The molecular formula is C17H25NO2. The van der Waals surface area contributed by atoms with Crippen LogP contribution in [0.4, 0.5) is 0 Å². The molecule has 1 heterocycles. The molecule has 1 aromatic carbocycles. The highest BCUT2D eigenvalue weighted by molar-refractivity contribution is 5.21. The summed E-state index contributed by atoms with van der Waals surface area (Å²) in [5, 5.41) is 0. The Labute approximate surface area is 121 Å². The Balaban J connectivity index is 1.60. The van der Waals surface area contributed by atoms with Crippen molar-refractivity contribution in [1.82, 2.24) is 0 Å². The molecule has 1 saturated heterocycles. The summed E-state index contributed by atoms with van der Waals surface area (Å²) in [6.07, 6.45) is 3.32. The van der Waals surface area contributed by atoms with Crippen LogP contribution < -0.4 is 5.73 Å². The summed E-state index contributed by atoms with van der Waals surface area (Å²) in [7, 11) is 0. The van der Waals surface area contributed by atoms with E-state index in [1.807, 2.05) is 13.8 Å². The van der Waals surface area contributed by atoms with Gasteiger partial charge in [-0.1, -0.05) is 30.3 Å². The lowest BCUT2D eigenvalue weighted by Gasteiger charge is -2.36. The van der Waals surface area contributed by atoms with Crippen LogP contribution in [0.1, 0.15) is 32.3 Å². The van der Waals surface area contributed by atoms with E-state index in [-0.39, 0.29) is 5.41 Å².